The van der Waals surface area contributed by atoms with Crippen molar-refractivity contribution >= 4 is 39.1 Å². The van der Waals surface area contributed by atoms with Gasteiger partial charge < -0.3 is 9.88 Å². The molecule has 0 radical (unpaired) electrons. The molecule has 0 aliphatic heterocycles. The number of carbonyl (C=O) groups excluding carboxylic acids is 1. The Morgan fingerprint density at radius 1 is 1.40 bits per heavy atom. The van der Waals surface area contributed by atoms with Gasteiger partial charge in [0.05, 0.1) is 22.7 Å². The Bertz CT molecular complexity index is 572. The van der Waals surface area contributed by atoms with Gasteiger partial charge in [0.25, 0.3) is 0 Å². The fourth-order valence-corrected chi connectivity index (χ4v) is 2.53. The predicted molar refractivity (Wildman–Crippen MR) is 84.8 cm³/mol. The number of halogens is 2. The minimum absolute atomic E-state index is 0.00502. The van der Waals surface area contributed by atoms with Crippen LogP contribution in [0.3, 0.4) is 0 Å². The van der Waals surface area contributed by atoms with Crippen molar-refractivity contribution in [1.29, 1.82) is 0 Å². The molecule has 2 rings (SSSR count). The number of rotatable bonds is 6. The zero-order valence-corrected chi connectivity index (χ0v) is 13.2. The molecule has 0 fully saturated rings. The van der Waals surface area contributed by atoms with Crippen molar-refractivity contribution in [3.63, 3.8) is 0 Å². The summed E-state index contributed by atoms with van der Waals surface area (Å²) in [6, 6.07) is 5.44. The van der Waals surface area contributed by atoms with E-state index in [2.05, 4.69) is 26.2 Å². The summed E-state index contributed by atoms with van der Waals surface area (Å²) in [4.78, 5) is 15.9. The summed E-state index contributed by atoms with van der Waals surface area (Å²) in [5, 5.41) is 4.40. The van der Waals surface area contributed by atoms with E-state index < -0.39 is 0 Å². The second-order valence-electron chi connectivity index (χ2n) is 4.30. The van der Waals surface area contributed by atoms with Crippen LogP contribution >= 0.6 is 27.5 Å². The minimum atomic E-state index is -0.00502. The minimum Gasteiger partial charge on any atom is -0.324 e. The molecule has 20 heavy (non-hydrogen) atoms. The molecule has 0 saturated heterocycles. The SMILES string of the molecule is O=C(CCCCBr)Nc1cccc(Cl)c1-n1ccnc1. The second kappa shape index (κ2) is 7.45. The van der Waals surface area contributed by atoms with E-state index >= 15 is 0 Å². The smallest absolute Gasteiger partial charge is 0.224 e. The molecule has 0 atom stereocenters. The number of hydrogen-bond acceptors (Lipinski definition) is 2. The van der Waals surface area contributed by atoms with Crippen molar-refractivity contribution in [2.24, 2.45) is 0 Å². The number of imidazole rings is 1. The molecule has 6 heteroatoms. The van der Waals surface area contributed by atoms with Gasteiger partial charge in [-0.05, 0) is 25.0 Å². The summed E-state index contributed by atoms with van der Waals surface area (Å²) in [7, 11) is 0. The molecule has 0 unspecified atom stereocenters. The van der Waals surface area contributed by atoms with Crippen molar-refractivity contribution < 1.29 is 4.79 Å². The molecule has 1 amide bonds. The van der Waals surface area contributed by atoms with Gasteiger partial charge in [-0.1, -0.05) is 33.6 Å². The number of nitrogens with one attached hydrogen (secondary N) is 1. The Labute approximate surface area is 131 Å². The van der Waals surface area contributed by atoms with E-state index in [1.807, 2.05) is 12.1 Å². The molecule has 2 aromatic rings. The van der Waals surface area contributed by atoms with Crippen LogP contribution < -0.4 is 5.32 Å². The number of benzene rings is 1. The van der Waals surface area contributed by atoms with Gasteiger partial charge >= 0.3 is 0 Å². The average Bonchev–Trinajstić information content (AvgIpc) is 2.93. The predicted octanol–water partition coefficient (Wildman–Crippen LogP) is 4.03. The van der Waals surface area contributed by atoms with E-state index in [4.69, 9.17) is 11.6 Å². The molecule has 106 valence electrons. The van der Waals surface area contributed by atoms with Crippen molar-refractivity contribution in [2.45, 2.75) is 19.3 Å². The molecule has 0 aliphatic rings. The fraction of sp³-hybridized carbons (Fsp3) is 0.286. The zero-order chi connectivity index (χ0) is 14.4. The topological polar surface area (TPSA) is 46.9 Å². The standard InChI is InChI=1S/C14H15BrClN3O/c15-7-2-1-6-13(20)18-12-5-3-4-11(16)14(12)19-9-8-17-10-19/h3-5,8-10H,1-2,6-7H2,(H,18,20). The van der Waals surface area contributed by atoms with Crippen LogP contribution in [0.2, 0.25) is 5.02 Å². The van der Waals surface area contributed by atoms with Gasteiger partial charge in [0.2, 0.25) is 5.91 Å². The van der Waals surface area contributed by atoms with Gasteiger partial charge in [-0.2, -0.15) is 0 Å². The largest absolute Gasteiger partial charge is 0.324 e. The summed E-state index contributed by atoms with van der Waals surface area (Å²) in [5.41, 5.74) is 1.43. The Kier molecular flexibility index (Phi) is 5.61. The Hall–Kier alpha value is -1.33. The van der Waals surface area contributed by atoms with E-state index in [1.165, 1.54) is 0 Å². The number of nitrogens with zero attached hydrogens (tertiary/aromatic N) is 2. The van der Waals surface area contributed by atoms with Gasteiger partial charge in [-0.3, -0.25) is 4.79 Å². The molecule has 1 N–H and O–H groups in total. The highest BCUT2D eigenvalue weighted by Gasteiger charge is 2.11. The number of alkyl halides is 1. The molecule has 1 heterocycles. The fourth-order valence-electron chi connectivity index (χ4n) is 1.86. The third-order valence-corrected chi connectivity index (χ3v) is 3.68. The molecule has 4 nitrogen and oxygen atoms in total. The summed E-state index contributed by atoms with van der Waals surface area (Å²) in [6.07, 6.45) is 7.46. The average molecular weight is 357 g/mol. The summed E-state index contributed by atoms with van der Waals surface area (Å²) < 4.78 is 1.79. The third kappa shape index (κ3) is 3.84. The highest BCUT2D eigenvalue weighted by Crippen LogP contribution is 2.28. The normalized spacial score (nSPS) is 10.5. The number of hydrogen-bond donors (Lipinski definition) is 1. The molecule has 1 aromatic heterocycles. The lowest BCUT2D eigenvalue weighted by molar-refractivity contribution is -0.116. The van der Waals surface area contributed by atoms with Crippen LogP contribution in [0.25, 0.3) is 5.69 Å². The van der Waals surface area contributed by atoms with Crippen LogP contribution in [0.1, 0.15) is 19.3 Å². The maximum absolute atomic E-state index is 11.9. The number of unbranched alkanes of at least 4 members (excludes halogenated alkanes) is 1. The lowest BCUT2D eigenvalue weighted by atomic mass is 10.2. The van der Waals surface area contributed by atoms with Crippen LogP contribution in [0.15, 0.2) is 36.9 Å². The second-order valence-corrected chi connectivity index (χ2v) is 5.50. The first-order valence-electron chi connectivity index (χ1n) is 6.35. The van der Waals surface area contributed by atoms with Crippen LogP contribution in [-0.2, 0) is 4.79 Å². The van der Waals surface area contributed by atoms with Gasteiger partial charge in [0, 0.05) is 24.1 Å². The molecule has 1 aromatic carbocycles. The summed E-state index contributed by atoms with van der Waals surface area (Å²) in [5.74, 6) is -0.00502. The quantitative estimate of drug-likeness (QED) is 0.627. The van der Waals surface area contributed by atoms with Crippen LogP contribution in [0, 0.1) is 0 Å². The van der Waals surface area contributed by atoms with Gasteiger partial charge in [-0.25, -0.2) is 4.98 Å². The summed E-state index contributed by atoms with van der Waals surface area (Å²) in [6.45, 7) is 0. The van der Waals surface area contributed by atoms with E-state index in [-0.39, 0.29) is 5.91 Å². The number of amides is 1. The molecular formula is C14H15BrClN3O. The molecule has 0 bridgehead atoms. The first-order valence-corrected chi connectivity index (χ1v) is 7.85. The Morgan fingerprint density at radius 3 is 2.95 bits per heavy atom. The first kappa shape index (κ1) is 15.1. The van der Waals surface area contributed by atoms with Crippen molar-refractivity contribution in [3.8, 4) is 5.69 Å². The van der Waals surface area contributed by atoms with Crippen molar-refractivity contribution in [1.82, 2.24) is 9.55 Å². The monoisotopic (exact) mass is 355 g/mol. The Balaban J connectivity index is 2.16. The van der Waals surface area contributed by atoms with E-state index in [0.717, 1.165) is 23.9 Å². The molecule has 0 saturated carbocycles. The van der Waals surface area contributed by atoms with Gasteiger partial charge in [0.15, 0.2) is 0 Å². The maximum atomic E-state index is 11.9. The number of carbonyl (C=O) groups is 1. The Morgan fingerprint density at radius 2 is 2.25 bits per heavy atom. The van der Waals surface area contributed by atoms with Crippen LogP contribution in [0.5, 0.6) is 0 Å². The number of para-hydroxylation sites is 1. The van der Waals surface area contributed by atoms with E-state index in [9.17, 15) is 4.79 Å². The molecular weight excluding hydrogens is 342 g/mol. The zero-order valence-electron chi connectivity index (χ0n) is 10.9. The van der Waals surface area contributed by atoms with Crippen LogP contribution in [0.4, 0.5) is 5.69 Å². The van der Waals surface area contributed by atoms with E-state index in [0.29, 0.717) is 17.1 Å². The van der Waals surface area contributed by atoms with Crippen LogP contribution in [-0.4, -0.2) is 20.8 Å². The maximum Gasteiger partial charge on any atom is 0.224 e. The van der Waals surface area contributed by atoms with Gasteiger partial charge in [-0.15, -0.1) is 0 Å². The lowest BCUT2D eigenvalue weighted by Gasteiger charge is -2.13. The van der Waals surface area contributed by atoms with Crippen molar-refractivity contribution in [3.05, 3.63) is 41.9 Å². The number of aromatic nitrogens is 2. The molecule has 0 aliphatic carbocycles. The first-order chi connectivity index (χ1) is 9.72. The highest BCUT2D eigenvalue weighted by atomic mass is 79.9. The third-order valence-electron chi connectivity index (χ3n) is 2.81. The van der Waals surface area contributed by atoms with Crippen molar-refractivity contribution in [2.75, 3.05) is 10.6 Å². The molecule has 0 spiro atoms. The lowest BCUT2D eigenvalue weighted by Crippen LogP contribution is -2.13. The van der Waals surface area contributed by atoms with E-state index in [1.54, 1.807) is 29.4 Å². The number of anilines is 1. The highest BCUT2D eigenvalue weighted by molar-refractivity contribution is 9.09. The van der Waals surface area contributed by atoms with Gasteiger partial charge in [0.1, 0.15) is 0 Å². The summed E-state index contributed by atoms with van der Waals surface area (Å²) >= 11 is 9.58.